The molecule has 0 saturated heterocycles. The molecule has 0 bridgehead atoms. The third kappa shape index (κ3) is 2.59. The number of anilines is 2. The predicted molar refractivity (Wildman–Crippen MR) is 68.4 cm³/mol. The maximum Gasteiger partial charge on any atom is 0.0499 e. The van der Waals surface area contributed by atoms with E-state index in [-0.39, 0.29) is 0 Å². The molecule has 0 aromatic heterocycles. The monoisotopic (exact) mass is 222 g/mol. The Labute approximate surface area is 95.6 Å². The summed E-state index contributed by atoms with van der Waals surface area (Å²) in [4.78, 5) is 1.33. The van der Waals surface area contributed by atoms with Crippen LogP contribution in [0.5, 0.6) is 0 Å². The van der Waals surface area contributed by atoms with Crippen molar-refractivity contribution in [1.82, 2.24) is 0 Å². The molecule has 3 heteroatoms. The number of fused-ring (bicyclic) bond motifs is 1. The van der Waals surface area contributed by atoms with Gasteiger partial charge in [-0.1, -0.05) is 13.8 Å². The van der Waals surface area contributed by atoms with Crippen molar-refractivity contribution >= 4 is 23.1 Å². The van der Waals surface area contributed by atoms with E-state index < -0.39 is 0 Å². The van der Waals surface area contributed by atoms with Crippen LogP contribution >= 0.6 is 11.8 Å². The van der Waals surface area contributed by atoms with E-state index in [4.69, 9.17) is 5.73 Å². The van der Waals surface area contributed by atoms with Crippen LogP contribution < -0.4 is 11.1 Å². The molecule has 1 aliphatic heterocycles. The van der Waals surface area contributed by atoms with Crippen molar-refractivity contribution < 1.29 is 0 Å². The number of hydrogen-bond acceptors (Lipinski definition) is 3. The first-order valence-electron chi connectivity index (χ1n) is 5.45. The van der Waals surface area contributed by atoms with Crippen LogP contribution in [0.15, 0.2) is 23.1 Å². The van der Waals surface area contributed by atoms with Gasteiger partial charge >= 0.3 is 0 Å². The normalized spacial score (nSPS) is 19.8. The molecule has 15 heavy (non-hydrogen) atoms. The summed E-state index contributed by atoms with van der Waals surface area (Å²) in [5, 5.41) is 4.15. The molecule has 1 unspecified atom stereocenters. The van der Waals surface area contributed by atoms with Gasteiger partial charge in [-0.2, -0.15) is 0 Å². The van der Waals surface area contributed by atoms with E-state index in [1.165, 1.54) is 17.0 Å². The van der Waals surface area contributed by atoms with Gasteiger partial charge in [0, 0.05) is 28.1 Å². The Balaban J connectivity index is 2.10. The molecule has 0 radical (unpaired) electrons. The summed E-state index contributed by atoms with van der Waals surface area (Å²) in [5.74, 6) is 0.764. The minimum Gasteiger partial charge on any atom is -0.399 e. The third-order valence-corrected chi connectivity index (χ3v) is 3.85. The van der Waals surface area contributed by atoms with E-state index in [0.717, 1.165) is 18.2 Å². The lowest BCUT2D eigenvalue weighted by Gasteiger charge is -2.26. The molecule has 1 atom stereocenters. The minimum atomic E-state index is 0.695. The van der Waals surface area contributed by atoms with E-state index in [0.29, 0.717) is 5.25 Å². The highest BCUT2D eigenvalue weighted by atomic mass is 32.2. The van der Waals surface area contributed by atoms with Gasteiger partial charge in [0.1, 0.15) is 0 Å². The van der Waals surface area contributed by atoms with Gasteiger partial charge in [0.25, 0.3) is 0 Å². The van der Waals surface area contributed by atoms with Crippen LogP contribution in [0.4, 0.5) is 11.4 Å². The van der Waals surface area contributed by atoms with Gasteiger partial charge in [0.2, 0.25) is 0 Å². The Bertz CT molecular complexity index is 349. The first-order valence-corrected chi connectivity index (χ1v) is 6.33. The number of hydrogen-bond donors (Lipinski definition) is 2. The maximum absolute atomic E-state index is 5.75. The molecular weight excluding hydrogens is 204 g/mol. The topological polar surface area (TPSA) is 38.0 Å². The standard InChI is InChI=1S/C12H18N2S/c1-8(2)5-10-7-14-11-6-9(13)3-4-12(11)15-10/h3-4,6,8,10,14H,5,7,13H2,1-2H3. The Morgan fingerprint density at radius 1 is 1.53 bits per heavy atom. The fourth-order valence-corrected chi connectivity index (χ4v) is 3.30. The number of nitrogens with two attached hydrogens (primary N) is 1. The second-order valence-corrected chi connectivity index (χ2v) is 5.85. The van der Waals surface area contributed by atoms with Crippen molar-refractivity contribution in [3.63, 3.8) is 0 Å². The van der Waals surface area contributed by atoms with E-state index in [9.17, 15) is 0 Å². The van der Waals surface area contributed by atoms with Crippen molar-refractivity contribution in [2.24, 2.45) is 5.92 Å². The van der Waals surface area contributed by atoms with Gasteiger partial charge in [-0.25, -0.2) is 0 Å². The molecular formula is C12H18N2S. The Morgan fingerprint density at radius 2 is 2.33 bits per heavy atom. The van der Waals surface area contributed by atoms with Crippen LogP contribution in [0.3, 0.4) is 0 Å². The molecule has 0 saturated carbocycles. The fraction of sp³-hybridized carbons (Fsp3) is 0.500. The van der Waals surface area contributed by atoms with Crippen molar-refractivity contribution in [2.75, 3.05) is 17.6 Å². The lowest BCUT2D eigenvalue weighted by atomic mass is 10.1. The third-order valence-electron chi connectivity index (χ3n) is 2.55. The second kappa shape index (κ2) is 4.35. The summed E-state index contributed by atoms with van der Waals surface area (Å²) < 4.78 is 0. The molecule has 1 aromatic rings. The van der Waals surface area contributed by atoms with E-state index in [1.54, 1.807) is 0 Å². The smallest absolute Gasteiger partial charge is 0.0499 e. The van der Waals surface area contributed by atoms with Crippen molar-refractivity contribution in [3.05, 3.63) is 18.2 Å². The molecule has 0 amide bonds. The first-order chi connectivity index (χ1) is 7.15. The summed E-state index contributed by atoms with van der Waals surface area (Å²) in [5.41, 5.74) is 7.78. The summed E-state index contributed by atoms with van der Waals surface area (Å²) >= 11 is 1.98. The zero-order chi connectivity index (χ0) is 10.8. The largest absolute Gasteiger partial charge is 0.399 e. The van der Waals surface area contributed by atoms with Crippen LogP contribution in [0.1, 0.15) is 20.3 Å². The summed E-state index contributed by atoms with van der Waals surface area (Å²) in [6.45, 7) is 5.61. The average molecular weight is 222 g/mol. The molecule has 1 heterocycles. The van der Waals surface area contributed by atoms with Crippen LogP contribution in [0.25, 0.3) is 0 Å². The highest BCUT2D eigenvalue weighted by molar-refractivity contribution is 8.00. The lowest BCUT2D eigenvalue weighted by Crippen LogP contribution is -2.22. The predicted octanol–water partition coefficient (Wildman–Crippen LogP) is 3.20. The number of benzene rings is 1. The van der Waals surface area contributed by atoms with Crippen LogP contribution in [0.2, 0.25) is 0 Å². The highest BCUT2D eigenvalue weighted by Gasteiger charge is 2.19. The number of thioether (sulfide) groups is 1. The zero-order valence-corrected chi connectivity index (χ0v) is 10.1. The fourth-order valence-electron chi connectivity index (χ4n) is 1.89. The minimum absolute atomic E-state index is 0.695. The van der Waals surface area contributed by atoms with Crippen LogP contribution in [0, 0.1) is 5.92 Å². The molecule has 2 rings (SSSR count). The van der Waals surface area contributed by atoms with Gasteiger partial charge in [-0.3, -0.25) is 0 Å². The first kappa shape index (κ1) is 10.7. The van der Waals surface area contributed by atoms with Crippen molar-refractivity contribution in [3.8, 4) is 0 Å². The van der Waals surface area contributed by atoms with E-state index in [1.807, 2.05) is 23.9 Å². The summed E-state index contributed by atoms with van der Waals surface area (Å²) in [7, 11) is 0. The molecule has 2 nitrogen and oxygen atoms in total. The Morgan fingerprint density at radius 3 is 3.07 bits per heavy atom. The average Bonchev–Trinajstić information content (AvgIpc) is 2.17. The molecule has 0 aliphatic carbocycles. The molecule has 1 aliphatic rings. The van der Waals surface area contributed by atoms with Crippen molar-refractivity contribution in [1.29, 1.82) is 0 Å². The number of rotatable bonds is 2. The van der Waals surface area contributed by atoms with Crippen molar-refractivity contribution in [2.45, 2.75) is 30.4 Å². The maximum atomic E-state index is 5.75. The van der Waals surface area contributed by atoms with Crippen LogP contribution in [-0.2, 0) is 0 Å². The van der Waals surface area contributed by atoms with Gasteiger partial charge in [-0.05, 0) is 30.5 Å². The lowest BCUT2D eigenvalue weighted by molar-refractivity contribution is 0.574. The quantitative estimate of drug-likeness (QED) is 0.755. The van der Waals surface area contributed by atoms with Crippen LogP contribution in [-0.4, -0.2) is 11.8 Å². The van der Waals surface area contributed by atoms with Gasteiger partial charge in [0.05, 0.1) is 0 Å². The summed E-state index contributed by atoms with van der Waals surface area (Å²) in [6, 6.07) is 6.12. The highest BCUT2D eigenvalue weighted by Crippen LogP contribution is 2.38. The SMILES string of the molecule is CC(C)CC1CNc2cc(N)ccc2S1. The molecule has 0 spiro atoms. The zero-order valence-electron chi connectivity index (χ0n) is 9.29. The second-order valence-electron chi connectivity index (χ2n) is 4.51. The van der Waals surface area contributed by atoms with Gasteiger partial charge in [0.15, 0.2) is 0 Å². The van der Waals surface area contributed by atoms with Gasteiger partial charge < -0.3 is 11.1 Å². The van der Waals surface area contributed by atoms with Gasteiger partial charge in [-0.15, -0.1) is 11.8 Å². The molecule has 0 fully saturated rings. The van der Waals surface area contributed by atoms with E-state index in [2.05, 4.69) is 25.2 Å². The number of nitrogen functional groups attached to an aromatic ring is 1. The Kier molecular flexibility index (Phi) is 3.10. The van der Waals surface area contributed by atoms with E-state index >= 15 is 0 Å². The Hall–Kier alpha value is -0.830. The summed E-state index contributed by atoms with van der Waals surface area (Å²) in [6.07, 6.45) is 1.27. The molecule has 3 N–H and O–H groups in total. The molecule has 1 aromatic carbocycles. The molecule has 82 valence electrons. The number of nitrogens with one attached hydrogen (secondary N) is 1.